The van der Waals surface area contributed by atoms with Crippen molar-refractivity contribution < 1.29 is 23.1 Å². The molecule has 1 amide bonds. The number of benzene rings is 1. The zero-order valence-corrected chi connectivity index (χ0v) is 9.19. The quantitative estimate of drug-likeness (QED) is 0.777. The van der Waals surface area contributed by atoms with Crippen molar-refractivity contribution >= 4 is 11.9 Å². The van der Waals surface area contributed by atoms with Gasteiger partial charge in [-0.25, -0.2) is 0 Å². The Morgan fingerprint density at radius 2 is 2.00 bits per heavy atom. The summed E-state index contributed by atoms with van der Waals surface area (Å²) in [5.41, 5.74) is -0.0964. The highest BCUT2D eigenvalue weighted by Crippen LogP contribution is 2.26. The average Bonchev–Trinajstić information content (AvgIpc) is 2.77. The molecule has 19 heavy (non-hydrogen) atoms. The molecule has 0 saturated heterocycles. The number of phenols is 1. The van der Waals surface area contributed by atoms with Crippen molar-refractivity contribution in [2.45, 2.75) is 6.18 Å². The van der Waals surface area contributed by atoms with Crippen LogP contribution in [0.1, 0.15) is 16.2 Å². The minimum Gasteiger partial charge on any atom is -0.507 e. The van der Waals surface area contributed by atoms with E-state index in [1.807, 2.05) is 5.32 Å². The van der Waals surface area contributed by atoms with Crippen molar-refractivity contribution in [1.82, 2.24) is 15.2 Å². The van der Waals surface area contributed by atoms with E-state index >= 15 is 0 Å². The minimum atomic E-state index is -4.68. The molecule has 3 N–H and O–H groups in total. The number of hydrogen-bond acceptors (Lipinski definition) is 4. The van der Waals surface area contributed by atoms with Crippen LogP contribution in [-0.2, 0) is 6.18 Å². The lowest BCUT2D eigenvalue weighted by Gasteiger charge is -2.02. The second-order valence-corrected chi connectivity index (χ2v) is 3.48. The average molecular weight is 272 g/mol. The van der Waals surface area contributed by atoms with Gasteiger partial charge in [0.05, 0.1) is 5.56 Å². The number of alkyl halides is 3. The zero-order valence-electron chi connectivity index (χ0n) is 9.19. The molecule has 0 aliphatic carbocycles. The van der Waals surface area contributed by atoms with Crippen LogP contribution in [0.4, 0.5) is 19.1 Å². The summed E-state index contributed by atoms with van der Waals surface area (Å²) in [6.07, 6.45) is -4.68. The Bertz CT molecular complexity index is 609. The van der Waals surface area contributed by atoms with E-state index in [1.165, 1.54) is 24.3 Å². The van der Waals surface area contributed by atoms with Crippen LogP contribution < -0.4 is 5.32 Å². The predicted molar refractivity (Wildman–Crippen MR) is 57.4 cm³/mol. The molecule has 0 aliphatic rings. The molecule has 0 atom stereocenters. The molecule has 1 aromatic heterocycles. The third kappa shape index (κ3) is 2.81. The fraction of sp³-hybridized carbons (Fsp3) is 0.100. The number of hydrogen-bond donors (Lipinski definition) is 3. The minimum absolute atomic E-state index is 0.0964. The summed E-state index contributed by atoms with van der Waals surface area (Å²) in [5, 5.41) is 16.3. The van der Waals surface area contributed by atoms with Gasteiger partial charge in [-0.1, -0.05) is 12.1 Å². The number of nitrogens with zero attached hydrogens (tertiary/aromatic N) is 2. The highest BCUT2D eigenvalue weighted by Gasteiger charge is 2.35. The van der Waals surface area contributed by atoms with E-state index in [1.54, 1.807) is 5.10 Å². The van der Waals surface area contributed by atoms with Crippen LogP contribution in [0.15, 0.2) is 24.3 Å². The number of aromatic amines is 1. The first-order valence-electron chi connectivity index (χ1n) is 4.97. The van der Waals surface area contributed by atoms with E-state index in [9.17, 15) is 23.1 Å². The Hall–Kier alpha value is -2.58. The molecule has 1 aromatic carbocycles. The number of anilines is 1. The SMILES string of the molecule is O=C(Nc1n[nH]c(C(F)(F)F)n1)c1ccccc1O. The highest BCUT2D eigenvalue weighted by atomic mass is 19.4. The van der Waals surface area contributed by atoms with Crippen LogP contribution in [0.3, 0.4) is 0 Å². The number of carbonyl (C=O) groups excluding carboxylic acids is 1. The van der Waals surface area contributed by atoms with Gasteiger partial charge in [0, 0.05) is 0 Å². The largest absolute Gasteiger partial charge is 0.507 e. The van der Waals surface area contributed by atoms with Crippen LogP contribution in [-0.4, -0.2) is 26.2 Å². The van der Waals surface area contributed by atoms with Crippen LogP contribution >= 0.6 is 0 Å². The van der Waals surface area contributed by atoms with E-state index in [2.05, 4.69) is 10.1 Å². The molecular weight excluding hydrogens is 265 g/mol. The van der Waals surface area contributed by atoms with Gasteiger partial charge in [0.25, 0.3) is 5.91 Å². The predicted octanol–water partition coefficient (Wildman–Crippen LogP) is 1.78. The molecule has 100 valence electrons. The molecule has 0 spiro atoms. The van der Waals surface area contributed by atoms with Gasteiger partial charge in [0.2, 0.25) is 11.8 Å². The lowest BCUT2D eigenvalue weighted by Crippen LogP contribution is -2.13. The van der Waals surface area contributed by atoms with E-state index < -0.39 is 23.9 Å². The molecule has 0 unspecified atom stereocenters. The van der Waals surface area contributed by atoms with E-state index in [-0.39, 0.29) is 11.3 Å². The number of aromatic hydroxyl groups is 1. The second-order valence-electron chi connectivity index (χ2n) is 3.48. The molecule has 0 bridgehead atoms. The summed E-state index contributed by atoms with van der Waals surface area (Å²) in [6, 6.07) is 5.57. The van der Waals surface area contributed by atoms with Crippen LogP contribution in [0.25, 0.3) is 0 Å². The first kappa shape index (κ1) is 12.9. The molecular formula is C10H7F3N4O2. The summed E-state index contributed by atoms with van der Waals surface area (Å²) in [7, 11) is 0. The number of rotatable bonds is 2. The fourth-order valence-electron chi connectivity index (χ4n) is 1.28. The number of amides is 1. The Morgan fingerprint density at radius 1 is 1.32 bits per heavy atom. The van der Waals surface area contributed by atoms with E-state index in [0.717, 1.165) is 0 Å². The Kier molecular flexibility index (Phi) is 3.11. The lowest BCUT2D eigenvalue weighted by atomic mass is 10.2. The van der Waals surface area contributed by atoms with E-state index in [0.29, 0.717) is 0 Å². The highest BCUT2D eigenvalue weighted by molar-refractivity contribution is 6.05. The maximum Gasteiger partial charge on any atom is 0.451 e. The van der Waals surface area contributed by atoms with Crippen molar-refractivity contribution in [1.29, 1.82) is 0 Å². The molecule has 0 radical (unpaired) electrons. The molecule has 6 nitrogen and oxygen atoms in total. The molecule has 2 aromatic rings. The van der Waals surface area contributed by atoms with E-state index in [4.69, 9.17) is 0 Å². The number of nitrogens with one attached hydrogen (secondary N) is 2. The first-order valence-corrected chi connectivity index (χ1v) is 4.97. The number of para-hydroxylation sites is 1. The van der Waals surface area contributed by atoms with Crippen LogP contribution in [0.5, 0.6) is 5.75 Å². The summed E-state index contributed by atoms with van der Waals surface area (Å²) in [5.74, 6) is -2.96. The Balaban J connectivity index is 2.16. The van der Waals surface area contributed by atoms with Gasteiger partial charge in [-0.15, -0.1) is 5.10 Å². The number of carbonyl (C=O) groups is 1. The van der Waals surface area contributed by atoms with Gasteiger partial charge < -0.3 is 5.11 Å². The lowest BCUT2D eigenvalue weighted by molar-refractivity contribution is -0.144. The van der Waals surface area contributed by atoms with Crippen LogP contribution in [0.2, 0.25) is 0 Å². The number of halogens is 3. The Morgan fingerprint density at radius 3 is 2.58 bits per heavy atom. The van der Waals surface area contributed by atoms with Gasteiger partial charge in [-0.2, -0.15) is 18.2 Å². The zero-order chi connectivity index (χ0) is 14.0. The summed E-state index contributed by atoms with van der Waals surface area (Å²) < 4.78 is 36.7. The molecule has 1 heterocycles. The van der Waals surface area contributed by atoms with Crippen molar-refractivity contribution in [2.24, 2.45) is 0 Å². The molecule has 0 fully saturated rings. The maximum atomic E-state index is 12.2. The standard InChI is InChI=1S/C10H7F3N4O2/c11-10(12,13)8-15-9(17-16-8)14-7(19)5-3-1-2-4-6(5)18/h1-4,18H,(H2,14,15,16,17,19). The molecule has 0 saturated carbocycles. The summed E-state index contributed by atoms with van der Waals surface area (Å²) >= 11 is 0. The number of phenolic OH excluding ortho intramolecular Hbond substituents is 1. The van der Waals surface area contributed by atoms with Gasteiger partial charge in [-0.3, -0.25) is 15.2 Å². The second kappa shape index (κ2) is 4.59. The van der Waals surface area contributed by atoms with Crippen molar-refractivity contribution in [3.05, 3.63) is 35.7 Å². The molecule has 2 rings (SSSR count). The van der Waals surface area contributed by atoms with Gasteiger partial charge in [0.1, 0.15) is 5.75 Å². The summed E-state index contributed by atoms with van der Waals surface area (Å²) in [4.78, 5) is 14.7. The number of H-pyrrole nitrogens is 1. The maximum absolute atomic E-state index is 12.2. The smallest absolute Gasteiger partial charge is 0.451 e. The van der Waals surface area contributed by atoms with Crippen molar-refractivity contribution in [3.63, 3.8) is 0 Å². The molecule has 0 aliphatic heterocycles. The van der Waals surface area contributed by atoms with Crippen molar-refractivity contribution in [2.75, 3.05) is 5.32 Å². The topological polar surface area (TPSA) is 90.9 Å². The normalized spacial score (nSPS) is 11.3. The third-order valence-corrected chi connectivity index (χ3v) is 2.13. The number of aromatic nitrogens is 3. The monoisotopic (exact) mass is 272 g/mol. The Labute approximate surface area is 104 Å². The van der Waals surface area contributed by atoms with Gasteiger partial charge in [0.15, 0.2) is 0 Å². The summed E-state index contributed by atoms with van der Waals surface area (Å²) in [6.45, 7) is 0. The van der Waals surface area contributed by atoms with Gasteiger partial charge >= 0.3 is 6.18 Å². The fourth-order valence-corrected chi connectivity index (χ4v) is 1.28. The van der Waals surface area contributed by atoms with Crippen molar-refractivity contribution in [3.8, 4) is 5.75 Å². The third-order valence-electron chi connectivity index (χ3n) is 2.13. The van der Waals surface area contributed by atoms with Crippen LogP contribution in [0, 0.1) is 0 Å². The van der Waals surface area contributed by atoms with Gasteiger partial charge in [-0.05, 0) is 12.1 Å². The first-order chi connectivity index (χ1) is 8.88. The molecule has 9 heteroatoms.